The highest BCUT2D eigenvalue weighted by atomic mass is 35.5. The zero-order valence-corrected chi connectivity index (χ0v) is 19.7. The van der Waals surface area contributed by atoms with Gasteiger partial charge in [-0.15, -0.1) is 0 Å². The Balaban J connectivity index is 1.38. The minimum atomic E-state index is -0.316. The first kappa shape index (κ1) is 23.4. The zero-order chi connectivity index (χ0) is 24.1. The number of carbonyl (C=O) groups excluding carboxylic acids is 2. The highest BCUT2D eigenvalue weighted by Crippen LogP contribution is 2.29. The Morgan fingerprint density at radius 1 is 0.853 bits per heavy atom. The molecule has 0 bridgehead atoms. The molecule has 7 heteroatoms. The second kappa shape index (κ2) is 10.4. The zero-order valence-electron chi connectivity index (χ0n) is 18.1. The van der Waals surface area contributed by atoms with E-state index in [-0.39, 0.29) is 11.8 Å². The van der Waals surface area contributed by atoms with Crippen LogP contribution in [0.4, 0.5) is 11.4 Å². The lowest BCUT2D eigenvalue weighted by Crippen LogP contribution is -2.13. The maximum atomic E-state index is 12.4. The number of anilines is 2. The molecule has 4 rings (SSSR count). The van der Waals surface area contributed by atoms with Crippen LogP contribution in [0.1, 0.15) is 21.7 Å². The monoisotopic (exact) mass is 490 g/mol. The minimum Gasteiger partial charge on any atom is -0.457 e. The normalized spacial score (nSPS) is 10.9. The first-order valence-electron chi connectivity index (χ1n) is 10.4. The number of aryl methyl sites for hydroxylation is 1. The molecule has 0 saturated carbocycles. The van der Waals surface area contributed by atoms with Gasteiger partial charge in [-0.2, -0.15) is 0 Å². The van der Waals surface area contributed by atoms with E-state index in [0.29, 0.717) is 38.5 Å². The summed E-state index contributed by atoms with van der Waals surface area (Å²) in [5, 5.41) is 6.71. The molecule has 1 heterocycles. The van der Waals surface area contributed by atoms with Crippen LogP contribution in [0, 0.1) is 6.92 Å². The van der Waals surface area contributed by atoms with Gasteiger partial charge in [0.1, 0.15) is 11.5 Å². The smallest absolute Gasteiger partial charge is 0.255 e. The van der Waals surface area contributed by atoms with Gasteiger partial charge in [0.15, 0.2) is 0 Å². The van der Waals surface area contributed by atoms with Gasteiger partial charge < -0.3 is 15.1 Å². The lowest BCUT2D eigenvalue weighted by atomic mass is 10.1. The quantitative estimate of drug-likeness (QED) is 0.275. The highest BCUT2D eigenvalue weighted by Gasteiger charge is 2.09. The van der Waals surface area contributed by atoms with Crippen molar-refractivity contribution in [1.29, 1.82) is 0 Å². The Morgan fingerprint density at radius 2 is 1.59 bits per heavy atom. The number of hydrogen-bond donors (Lipinski definition) is 2. The Hall–Kier alpha value is -3.80. The molecule has 5 nitrogen and oxygen atoms in total. The fourth-order valence-corrected chi connectivity index (χ4v) is 3.83. The molecule has 34 heavy (non-hydrogen) atoms. The van der Waals surface area contributed by atoms with Crippen molar-refractivity contribution in [2.24, 2.45) is 0 Å². The van der Waals surface area contributed by atoms with Crippen molar-refractivity contribution < 1.29 is 14.0 Å². The maximum absolute atomic E-state index is 12.4. The first-order chi connectivity index (χ1) is 16.4. The van der Waals surface area contributed by atoms with Crippen LogP contribution >= 0.6 is 23.2 Å². The molecule has 3 aromatic carbocycles. The molecule has 4 aromatic rings. The van der Waals surface area contributed by atoms with Crippen LogP contribution in [0.15, 0.2) is 89.4 Å². The van der Waals surface area contributed by atoms with E-state index < -0.39 is 0 Å². The number of hydrogen-bond acceptors (Lipinski definition) is 3. The summed E-state index contributed by atoms with van der Waals surface area (Å²) in [5.74, 6) is 0.593. The van der Waals surface area contributed by atoms with E-state index in [9.17, 15) is 9.59 Å². The fraction of sp³-hybridized carbons (Fsp3) is 0.0370. The summed E-state index contributed by atoms with van der Waals surface area (Å²) in [7, 11) is 0. The van der Waals surface area contributed by atoms with Crippen molar-refractivity contribution in [2.75, 3.05) is 10.6 Å². The second-order valence-corrected chi connectivity index (χ2v) is 8.41. The topological polar surface area (TPSA) is 71.3 Å². The van der Waals surface area contributed by atoms with E-state index >= 15 is 0 Å². The summed E-state index contributed by atoms with van der Waals surface area (Å²) in [4.78, 5) is 24.7. The third kappa shape index (κ3) is 5.95. The Bertz CT molecular complexity index is 1360. The van der Waals surface area contributed by atoms with Crippen LogP contribution in [0.2, 0.25) is 10.0 Å². The van der Waals surface area contributed by atoms with E-state index in [1.54, 1.807) is 66.7 Å². The molecule has 170 valence electrons. The van der Waals surface area contributed by atoms with Gasteiger partial charge in [0.25, 0.3) is 5.91 Å². The predicted octanol–water partition coefficient (Wildman–Crippen LogP) is 7.47. The molecular formula is C27H20Cl2N2O3. The van der Waals surface area contributed by atoms with Crippen LogP contribution in [-0.4, -0.2) is 11.8 Å². The highest BCUT2D eigenvalue weighted by molar-refractivity contribution is 6.35. The number of halogens is 2. The molecule has 0 spiro atoms. The number of nitrogens with one attached hydrogen (secondary N) is 2. The van der Waals surface area contributed by atoms with Crippen LogP contribution in [-0.2, 0) is 4.79 Å². The van der Waals surface area contributed by atoms with Crippen molar-refractivity contribution in [3.05, 3.63) is 112 Å². The van der Waals surface area contributed by atoms with E-state index in [0.717, 1.165) is 11.1 Å². The molecule has 1 aromatic heterocycles. The lowest BCUT2D eigenvalue weighted by Gasteiger charge is -2.10. The maximum Gasteiger partial charge on any atom is 0.255 e. The van der Waals surface area contributed by atoms with Crippen molar-refractivity contribution >= 4 is 52.5 Å². The summed E-state index contributed by atoms with van der Waals surface area (Å²) >= 11 is 12.1. The number of furan rings is 1. The molecular weight excluding hydrogens is 471 g/mol. The Labute approximate surface area is 207 Å². The van der Waals surface area contributed by atoms with Crippen LogP contribution in [0.3, 0.4) is 0 Å². The fourth-order valence-electron chi connectivity index (χ4n) is 3.30. The van der Waals surface area contributed by atoms with E-state index in [2.05, 4.69) is 10.6 Å². The van der Waals surface area contributed by atoms with Gasteiger partial charge >= 0.3 is 0 Å². The first-order valence-corrected chi connectivity index (χ1v) is 11.2. The summed E-state index contributed by atoms with van der Waals surface area (Å²) < 4.78 is 5.76. The molecule has 2 N–H and O–H groups in total. The third-order valence-corrected chi connectivity index (χ3v) is 5.39. The van der Waals surface area contributed by atoms with Gasteiger partial charge in [0, 0.05) is 38.6 Å². The average Bonchev–Trinajstić information content (AvgIpc) is 3.29. The van der Waals surface area contributed by atoms with Crippen LogP contribution in [0.25, 0.3) is 17.4 Å². The standard InChI is InChI=1S/C27H20Cl2N2O3/c1-17-13-22(7-10-24(17)31-27(33)18-5-3-2-4-6-18)30-26(32)12-9-23-8-11-25(34-23)19-14-20(28)16-21(29)15-19/h2-16H,1H3,(H,30,32)(H,31,33)/b12-9+. The molecule has 0 atom stereocenters. The Kier molecular flexibility index (Phi) is 7.16. The summed E-state index contributed by atoms with van der Waals surface area (Å²) in [6, 6.07) is 22.9. The molecule has 0 radical (unpaired) electrons. The molecule has 0 unspecified atom stereocenters. The molecule has 0 aliphatic rings. The molecule has 0 saturated heterocycles. The third-order valence-electron chi connectivity index (χ3n) is 4.95. The molecule has 0 fully saturated rings. The van der Waals surface area contributed by atoms with Crippen LogP contribution < -0.4 is 10.6 Å². The lowest BCUT2D eigenvalue weighted by molar-refractivity contribution is -0.111. The molecule has 0 aliphatic carbocycles. The van der Waals surface area contributed by atoms with E-state index in [1.807, 2.05) is 25.1 Å². The predicted molar refractivity (Wildman–Crippen MR) is 137 cm³/mol. The summed E-state index contributed by atoms with van der Waals surface area (Å²) in [6.07, 6.45) is 2.96. The average molecular weight is 491 g/mol. The minimum absolute atomic E-state index is 0.193. The van der Waals surface area contributed by atoms with Crippen molar-refractivity contribution in [1.82, 2.24) is 0 Å². The van der Waals surface area contributed by atoms with Gasteiger partial charge in [-0.25, -0.2) is 0 Å². The van der Waals surface area contributed by atoms with Crippen molar-refractivity contribution in [3.8, 4) is 11.3 Å². The van der Waals surface area contributed by atoms with Gasteiger partial charge in [0.05, 0.1) is 0 Å². The SMILES string of the molecule is Cc1cc(NC(=O)/C=C/c2ccc(-c3cc(Cl)cc(Cl)c3)o2)ccc1NC(=O)c1ccccc1. The Morgan fingerprint density at radius 3 is 2.29 bits per heavy atom. The van der Waals surface area contributed by atoms with Gasteiger partial charge in [-0.05, 0) is 79.2 Å². The van der Waals surface area contributed by atoms with Gasteiger partial charge in [0.2, 0.25) is 5.91 Å². The van der Waals surface area contributed by atoms with E-state index in [4.69, 9.17) is 27.6 Å². The number of benzene rings is 3. The van der Waals surface area contributed by atoms with Gasteiger partial charge in [-0.1, -0.05) is 41.4 Å². The number of rotatable bonds is 6. The summed E-state index contributed by atoms with van der Waals surface area (Å²) in [5.41, 5.74) is 3.42. The summed E-state index contributed by atoms with van der Waals surface area (Å²) in [6.45, 7) is 1.86. The van der Waals surface area contributed by atoms with E-state index in [1.165, 1.54) is 6.08 Å². The van der Waals surface area contributed by atoms with Crippen LogP contribution in [0.5, 0.6) is 0 Å². The number of amides is 2. The molecule has 0 aliphatic heterocycles. The number of carbonyl (C=O) groups is 2. The van der Waals surface area contributed by atoms with Gasteiger partial charge in [-0.3, -0.25) is 9.59 Å². The largest absolute Gasteiger partial charge is 0.457 e. The van der Waals surface area contributed by atoms with Crippen molar-refractivity contribution in [2.45, 2.75) is 6.92 Å². The van der Waals surface area contributed by atoms with Crippen molar-refractivity contribution in [3.63, 3.8) is 0 Å². The molecule has 2 amide bonds. The second-order valence-electron chi connectivity index (χ2n) is 7.53.